The maximum Gasteiger partial charge on any atom is 0.415 e. The van der Waals surface area contributed by atoms with Crippen LogP contribution < -0.4 is 11.1 Å². The number of carbonyl (C=O) groups excluding carboxylic acids is 1. The average molecular weight is 228 g/mol. The van der Waals surface area contributed by atoms with E-state index in [1.165, 1.54) is 0 Å². The summed E-state index contributed by atoms with van der Waals surface area (Å²) in [5.41, 5.74) is 1.66. The zero-order valence-electron chi connectivity index (χ0n) is 8.05. The molecule has 0 saturated carbocycles. The van der Waals surface area contributed by atoms with Gasteiger partial charge in [-0.3, -0.25) is 9.59 Å². The van der Waals surface area contributed by atoms with Crippen molar-refractivity contribution in [1.82, 2.24) is 5.32 Å². The first-order valence-electron chi connectivity index (χ1n) is 3.89. The third-order valence-corrected chi connectivity index (χ3v) is 1.78. The first-order valence-corrected chi connectivity index (χ1v) is 3.89. The maximum atomic E-state index is 12.2. The van der Waals surface area contributed by atoms with Gasteiger partial charge in [0.2, 0.25) is 5.91 Å². The minimum Gasteiger partial charge on any atom is -0.480 e. The molecule has 0 saturated heterocycles. The third-order valence-electron chi connectivity index (χ3n) is 1.78. The SMILES string of the molecule is C[C@H](NC(=O)C(C)(N)C(F)(F)F)C(=O)O. The summed E-state index contributed by atoms with van der Waals surface area (Å²) in [6.07, 6.45) is -4.94. The number of hydrogen-bond acceptors (Lipinski definition) is 3. The number of carbonyl (C=O) groups is 2. The van der Waals surface area contributed by atoms with Crippen LogP contribution in [-0.4, -0.2) is 34.7 Å². The van der Waals surface area contributed by atoms with Gasteiger partial charge in [0, 0.05) is 0 Å². The van der Waals surface area contributed by atoms with E-state index in [4.69, 9.17) is 10.8 Å². The Morgan fingerprint density at radius 2 is 1.80 bits per heavy atom. The number of hydrogen-bond donors (Lipinski definition) is 3. The molecule has 0 rings (SSSR count). The zero-order chi connectivity index (χ0) is 12.4. The van der Waals surface area contributed by atoms with E-state index in [0.717, 1.165) is 6.92 Å². The quantitative estimate of drug-likeness (QED) is 0.626. The van der Waals surface area contributed by atoms with Crippen LogP contribution in [0.1, 0.15) is 13.8 Å². The lowest BCUT2D eigenvalue weighted by Gasteiger charge is -2.27. The normalized spacial score (nSPS) is 17.7. The predicted octanol–water partition coefficient (Wildman–Crippen LogP) is -0.145. The summed E-state index contributed by atoms with van der Waals surface area (Å²) in [5.74, 6) is -3.02. The van der Waals surface area contributed by atoms with Crippen LogP contribution in [0.5, 0.6) is 0 Å². The van der Waals surface area contributed by atoms with Crippen molar-refractivity contribution >= 4 is 11.9 Å². The third kappa shape index (κ3) is 3.08. The van der Waals surface area contributed by atoms with Crippen molar-refractivity contribution < 1.29 is 27.9 Å². The highest BCUT2D eigenvalue weighted by atomic mass is 19.4. The molecule has 5 nitrogen and oxygen atoms in total. The minimum absolute atomic E-state index is 0.469. The summed E-state index contributed by atoms with van der Waals surface area (Å²) < 4.78 is 36.6. The topological polar surface area (TPSA) is 92.4 Å². The second-order valence-corrected chi connectivity index (χ2v) is 3.23. The number of alkyl halides is 3. The van der Waals surface area contributed by atoms with Crippen molar-refractivity contribution in [2.45, 2.75) is 31.6 Å². The number of nitrogens with two attached hydrogens (primary N) is 1. The van der Waals surface area contributed by atoms with E-state index in [9.17, 15) is 22.8 Å². The van der Waals surface area contributed by atoms with Crippen molar-refractivity contribution in [2.24, 2.45) is 5.73 Å². The summed E-state index contributed by atoms with van der Waals surface area (Å²) in [5, 5.41) is 10.0. The molecule has 0 spiro atoms. The lowest BCUT2D eigenvalue weighted by atomic mass is 10.0. The van der Waals surface area contributed by atoms with Crippen molar-refractivity contribution in [2.75, 3.05) is 0 Å². The van der Waals surface area contributed by atoms with E-state index >= 15 is 0 Å². The summed E-state index contributed by atoms with van der Waals surface area (Å²) in [6.45, 7) is 1.50. The van der Waals surface area contributed by atoms with Crippen LogP contribution in [0.25, 0.3) is 0 Å². The molecule has 0 aromatic rings. The Bertz CT molecular complexity index is 275. The smallest absolute Gasteiger partial charge is 0.415 e. The number of carboxylic acid groups (broad SMARTS) is 1. The molecule has 0 heterocycles. The molecule has 0 aliphatic carbocycles. The van der Waals surface area contributed by atoms with Gasteiger partial charge in [-0.2, -0.15) is 13.2 Å². The van der Waals surface area contributed by atoms with E-state index in [-0.39, 0.29) is 0 Å². The van der Waals surface area contributed by atoms with E-state index in [2.05, 4.69) is 0 Å². The highest BCUT2D eigenvalue weighted by Crippen LogP contribution is 2.27. The Labute approximate surface area is 83.4 Å². The number of carboxylic acids is 1. The van der Waals surface area contributed by atoms with E-state index in [0.29, 0.717) is 6.92 Å². The largest absolute Gasteiger partial charge is 0.480 e. The van der Waals surface area contributed by atoms with E-state index < -0.39 is 29.6 Å². The Hall–Kier alpha value is -1.31. The number of rotatable bonds is 3. The fraction of sp³-hybridized carbons (Fsp3) is 0.714. The molecule has 0 aliphatic heterocycles. The number of aliphatic carboxylic acids is 1. The van der Waals surface area contributed by atoms with Gasteiger partial charge >= 0.3 is 12.1 Å². The molecule has 0 aliphatic rings. The summed E-state index contributed by atoms with van der Waals surface area (Å²) >= 11 is 0. The standard InChI is InChI=1S/C7H11F3N2O3/c1-3(4(13)14)12-5(15)6(2,11)7(8,9)10/h3H,11H2,1-2H3,(H,12,15)(H,13,14)/t3-,6?/m0/s1. The monoisotopic (exact) mass is 228 g/mol. The Morgan fingerprint density at radius 3 is 2.07 bits per heavy atom. The van der Waals surface area contributed by atoms with Crippen LogP contribution in [0.2, 0.25) is 0 Å². The second-order valence-electron chi connectivity index (χ2n) is 3.23. The lowest BCUT2D eigenvalue weighted by Crippen LogP contribution is -2.63. The van der Waals surface area contributed by atoms with Gasteiger partial charge in [0.05, 0.1) is 0 Å². The van der Waals surface area contributed by atoms with Gasteiger partial charge in [-0.1, -0.05) is 0 Å². The van der Waals surface area contributed by atoms with E-state index in [1.807, 2.05) is 0 Å². The number of halogens is 3. The average Bonchev–Trinajstić information content (AvgIpc) is 2.01. The number of nitrogens with one attached hydrogen (secondary N) is 1. The molecule has 0 bridgehead atoms. The van der Waals surface area contributed by atoms with Gasteiger partial charge < -0.3 is 16.2 Å². The first-order chi connectivity index (χ1) is 6.50. The molecule has 1 amide bonds. The van der Waals surface area contributed by atoms with Crippen LogP contribution in [0.4, 0.5) is 13.2 Å². The van der Waals surface area contributed by atoms with Crippen LogP contribution in [0, 0.1) is 0 Å². The molecule has 0 radical (unpaired) electrons. The first kappa shape index (κ1) is 13.7. The molecule has 1 unspecified atom stereocenters. The molecule has 8 heteroatoms. The van der Waals surface area contributed by atoms with Gasteiger partial charge in [-0.25, -0.2) is 0 Å². The van der Waals surface area contributed by atoms with Crippen LogP contribution in [0.3, 0.4) is 0 Å². The van der Waals surface area contributed by atoms with Crippen molar-refractivity contribution in [3.8, 4) is 0 Å². The van der Waals surface area contributed by atoms with Crippen molar-refractivity contribution in [3.05, 3.63) is 0 Å². The molecule has 0 fully saturated rings. The fourth-order valence-corrected chi connectivity index (χ4v) is 0.537. The Kier molecular flexibility index (Phi) is 3.70. The summed E-state index contributed by atoms with van der Waals surface area (Å²) in [4.78, 5) is 21.3. The molecule has 2 atom stereocenters. The predicted molar refractivity (Wildman–Crippen MR) is 43.9 cm³/mol. The second kappa shape index (κ2) is 4.05. The van der Waals surface area contributed by atoms with Gasteiger partial charge in [0.25, 0.3) is 0 Å². The minimum atomic E-state index is -4.94. The number of amides is 1. The van der Waals surface area contributed by atoms with Crippen LogP contribution >= 0.6 is 0 Å². The molecule has 15 heavy (non-hydrogen) atoms. The van der Waals surface area contributed by atoms with Gasteiger partial charge in [-0.05, 0) is 13.8 Å². The highest BCUT2D eigenvalue weighted by molar-refractivity contribution is 5.90. The molecule has 0 aromatic heterocycles. The Morgan fingerprint density at radius 1 is 1.40 bits per heavy atom. The summed E-state index contributed by atoms with van der Waals surface area (Å²) in [7, 11) is 0. The van der Waals surface area contributed by atoms with Crippen LogP contribution in [0.15, 0.2) is 0 Å². The van der Waals surface area contributed by atoms with Gasteiger partial charge in [-0.15, -0.1) is 0 Å². The fourth-order valence-electron chi connectivity index (χ4n) is 0.537. The van der Waals surface area contributed by atoms with Crippen LogP contribution in [-0.2, 0) is 9.59 Å². The molecular formula is C7H11F3N2O3. The van der Waals surface area contributed by atoms with Gasteiger partial charge in [0.15, 0.2) is 5.54 Å². The Balaban J connectivity index is 4.66. The molecule has 88 valence electrons. The van der Waals surface area contributed by atoms with E-state index in [1.54, 1.807) is 5.32 Å². The molecule has 4 N–H and O–H groups in total. The van der Waals surface area contributed by atoms with Crippen molar-refractivity contribution in [3.63, 3.8) is 0 Å². The highest BCUT2D eigenvalue weighted by Gasteiger charge is 2.54. The molecular weight excluding hydrogens is 217 g/mol. The lowest BCUT2D eigenvalue weighted by molar-refractivity contribution is -0.188. The maximum absolute atomic E-state index is 12.2. The zero-order valence-corrected chi connectivity index (χ0v) is 8.05. The van der Waals surface area contributed by atoms with Crippen molar-refractivity contribution in [1.29, 1.82) is 0 Å². The molecule has 0 aromatic carbocycles. The summed E-state index contributed by atoms with van der Waals surface area (Å²) in [6, 6.07) is -1.43. The van der Waals surface area contributed by atoms with Gasteiger partial charge in [0.1, 0.15) is 6.04 Å².